The Hall–Kier alpha value is -4.70. The lowest BCUT2D eigenvalue weighted by Crippen LogP contribution is -2.58. The molecule has 0 aliphatic heterocycles. The van der Waals surface area contributed by atoms with Crippen LogP contribution in [-0.4, -0.2) is 92.7 Å². The molecule has 16 nitrogen and oxygen atoms in total. The Morgan fingerprint density at radius 1 is 0.952 bits per heavy atom. The van der Waals surface area contributed by atoms with E-state index >= 15 is 0 Å². The van der Waals surface area contributed by atoms with Gasteiger partial charge in [-0.3, -0.25) is 24.2 Å². The number of nitrogens with zero attached hydrogens (tertiary/aromatic N) is 1. The van der Waals surface area contributed by atoms with E-state index in [0.717, 1.165) is 23.4 Å². The Balaban J connectivity index is 2.20. The van der Waals surface area contributed by atoms with Crippen molar-refractivity contribution in [3.8, 4) is 0 Å². The van der Waals surface area contributed by atoms with Crippen molar-refractivity contribution >= 4 is 46.5 Å². The van der Waals surface area contributed by atoms with Crippen LogP contribution < -0.4 is 33.2 Å². The van der Waals surface area contributed by atoms with E-state index in [0.29, 0.717) is 0 Å². The Labute approximate surface area is 241 Å². The number of benzene rings is 1. The number of nitrogens with two attached hydrogens (primary N) is 3. The van der Waals surface area contributed by atoms with Crippen LogP contribution >= 0.6 is 0 Å². The van der Waals surface area contributed by atoms with Gasteiger partial charge in [-0.1, -0.05) is 18.2 Å². The molecule has 2 rings (SSSR count). The molecule has 0 radical (unpaired) electrons. The normalized spacial score (nSPS) is 14.5. The van der Waals surface area contributed by atoms with E-state index in [2.05, 4.69) is 25.9 Å². The number of carboxylic acids is 2. The van der Waals surface area contributed by atoms with E-state index < -0.39 is 72.8 Å². The van der Waals surface area contributed by atoms with Gasteiger partial charge in [0.05, 0.1) is 12.1 Å². The molecule has 0 saturated carbocycles. The van der Waals surface area contributed by atoms with Crippen molar-refractivity contribution < 1.29 is 39.3 Å². The van der Waals surface area contributed by atoms with E-state index in [1.54, 1.807) is 6.20 Å². The van der Waals surface area contributed by atoms with Crippen LogP contribution in [0, 0.1) is 0 Å². The predicted octanol–water partition coefficient (Wildman–Crippen LogP) is -2.12. The number of para-hydroxylation sites is 1. The van der Waals surface area contributed by atoms with Crippen LogP contribution in [0.15, 0.2) is 35.5 Å². The summed E-state index contributed by atoms with van der Waals surface area (Å²) in [7, 11) is 0. The van der Waals surface area contributed by atoms with Crippen molar-refractivity contribution in [3.05, 3.63) is 36.0 Å². The Morgan fingerprint density at radius 2 is 1.57 bits per heavy atom. The average Bonchev–Trinajstić information content (AvgIpc) is 3.32. The number of fused-ring (bicyclic) bond motifs is 1. The summed E-state index contributed by atoms with van der Waals surface area (Å²) in [6.07, 6.45) is -0.271. The monoisotopic (exact) mass is 590 g/mol. The van der Waals surface area contributed by atoms with Crippen LogP contribution in [0.5, 0.6) is 0 Å². The van der Waals surface area contributed by atoms with Gasteiger partial charge in [0.15, 0.2) is 12.0 Å². The first-order chi connectivity index (χ1) is 19.8. The topological polar surface area (TPSA) is 288 Å². The molecular weight excluding hydrogens is 552 g/mol. The number of guanidine groups is 1. The lowest BCUT2D eigenvalue weighted by molar-refractivity contribution is -0.145. The fourth-order valence-corrected chi connectivity index (χ4v) is 4.13. The zero-order valence-corrected chi connectivity index (χ0v) is 23.1. The van der Waals surface area contributed by atoms with Gasteiger partial charge in [-0.15, -0.1) is 0 Å². The van der Waals surface area contributed by atoms with Gasteiger partial charge in [0.1, 0.15) is 12.1 Å². The number of nitrogens with one attached hydrogen (secondary N) is 4. The van der Waals surface area contributed by atoms with Crippen LogP contribution in [0.3, 0.4) is 0 Å². The van der Waals surface area contributed by atoms with Gasteiger partial charge in [0.25, 0.3) is 0 Å². The number of carbonyl (C=O) groups excluding carboxylic acids is 3. The molecule has 42 heavy (non-hydrogen) atoms. The number of aromatic nitrogens is 1. The zero-order valence-electron chi connectivity index (χ0n) is 23.1. The molecule has 5 atom stereocenters. The number of aliphatic imine (C=N–C) groups is 1. The van der Waals surface area contributed by atoms with E-state index in [1.807, 2.05) is 24.3 Å². The summed E-state index contributed by atoms with van der Waals surface area (Å²) >= 11 is 0. The number of aromatic amines is 1. The lowest BCUT2D eigenvalue weighted by Gasteiger charge is -2.25. The molecular formula is C26H38N8O8. The fourth-order valence-electron chi connectivity index (χ4n) is 4.13. The molecule has 0 aliphatic rings. The molecule has 5 unspecified atom stereocenters. The first-order valence-electron chi connectivity index (χ1n) is 13.2. The molecule has 13 N–H and O–H groups in total. The minimum Gasteiger partial charge on any atom is -0.481 e. The minimum absolute atomic E-state index is 0.0207. The molecule has 3 amide bonds. The van der Waals surface area contributed by atoms with Crippen molar-refractivity contribution in [1.82, 2.24) is 20.9 Å². The van der Waals surface area contributed by atoms with Crippen molar-refractivity contribution in [1.29, 1.82) is 0 Å². The highest BCUT2D eigenvalue weighted by atomic mass is 16.4. The summed E-state index contributed by atoms with van der Waals surface area (Å²) in [6, 6.07) is 1.97. The molecule has 1 aromatic carbocycles. The Morgan fingerprint density at radius 3 is 2.19 bits per heavy atom. The predicted molar refractivity (Wildman–Crippen MR) is 152 cm³/mol. The molecule has 0 bridgehead atoms. The van der Waals surface area contributed by atoms with E-state index in [1.165, 1.54) is 0 Å². The Kier molecular flexibility index (Phi) is 12.7. The van der Waals surface area contributed by atoms with E-state index in [9.17, 15) is 34.2 Å². The zero-order chi connectivity index (χ0) is 31.4. The average molecular weight is 591 g/mol. The molecule has 230 valence electrons. The maximum Gasteiger partial charge on any atom is 0.328 e. The number of hydrogen-bond donors (Lipinski definition) is 10. The third-order valence-electron chi connectivity index (χ3n) is 6.36. The van der Waals surface area contributed by atoms with Gasteiger partial charge in [0.2, 0.25) is 17.7 Å². The largest absolute Gasteiger partial charge is 0.481 e. The number of rotatable bonds is 17. The van der Waals surface area contributed by atoms with Gasteiger partial charge in [-0.2, -0.15) is 0 Å². The summed E-state index contributed by atoms with van der Waals surface area (Å²) in [4.78, 5) is 68.7. The molecule has 16 heteroatoms. The summed E-state index contributed by atoms with van der Waals surface area (Å²) in [5.41, 5.74) is 18.5. The maximum absolute atomic E-state index is 13.3. The Bertz CT molecular complexity index is 1290. The van der Waals surface area contributed by atoms with Gasteiger partial charge < -0.3 is 53.5 Å². The number of H-pyrrole nitrogens is 1. The van der Waals surface area contributed by atoms with Crippen molar-refractivity contribution in [2.24, 2.45) is 22.2 Å². The van der Waals surface area contributed by atoms with Gasteiger partial charge in [0, 0.05) is 30.1 Å². The first-order valence-corrected chi connectivity index (χ1v) is 13.2. The number of amides is 3. The highest BCUT2D eigenvalue weighted by Gasteiger charge is 2.32. The number of aliphatic carboxylic acids is 2. The molecule has 0 spiro atoms. The second kappa shape index (κ2) is 15.9. The standard InChI is InChI=1S/C26H38N8O8/c1-13(35)21(25(41)42)34-24(40)19(8-9-20(36)37)33-23(39)18(7-4-10-30-26(28)29)32-22(38)16(27)11-14-12-31-17-6-3-2-5-15(14)17/h2-3,5-6,12-13,16,18-19,21,31,35H,4,7-11,27H2,1H3,(H,32,38)(H,33,39)(H,34,40)(H,36,37)(H,41,42)(H4,28,29,30). The third-order valence-corrected chi connectivity index (χ3v) is 6.36. The second-order valence-corrected chi connectivity index (χ2v) is 9.74. The van der Waals surface area contributed by atoms with Crippen molar-refractivity contribution in [3.63, 3.8) is 0 Å². The number of carboxylic acid groups (broad SMARTS) is 2. The summed E-state index contributed by atoms with van der Waals surface area (Å²) in [5.74, 6) is -5.50. The van der Waals surface area contributed by atoms with Crippen LogP contribution in [0.25, 0.3) is 10.9 Å². The van der Waals surface area contributed by atoms with E-state index in [-0.39, 0.29) is 31.8 Å². The van der Waals surface area contributed by atoms with Crippen molar-refractivity contribution in [2.75, 3.05) is 6.54 Å². The molecule has 0 saturated heterocycles. The summed E-state index contributed by atoms with van der Waals surface area (Å²) in [6.45, 7) is 1.27. The smallest absolute Gasteiger partial charge is 0.328 e. The molecule has 2 aromatic rings. The van der Waals surface area contributed by atoms with Crippen LogP contribution in [0.4, 0.5) is 0 Å². The fraction of sp³-hybridized carbons (Fsp3) is 0.462. The van der Waals surface area contributed by atoms with E-state index in [4.69, 9.17) is 22.3 Å². The highest BCUT2D eigenvalue weighted by molar-refractivity contribution is 5.94. The van der Waals surface area contributed by atoms with Crippen LogP contribution in [-0.2, 0) is 30.4 Å². The number of hydrogen-bond acceptors (Lipinski definition) is 8. The second-order valence-electron chi connectivity index (χ2n) is 9.74. The van der Waals surface area contributed by atoms with Gasteiger partial charge in [-0.05, 0) is 44.2 Å². The molecule has 0 aliphatic carbocycles. The van der Waals surface area contributed by atoms with Crippen LogP contribution in [0.1, 0.15) is 38.2 Å². The summed E-state index contributed by atoms with van der Waals surface area (Å²) in [5, 5.41) is 36.0. The quantitative estimate of drug-likeness (QED) is 0.0539. The van der Waals surface area contributed by atoms with Crippen LogP contribution in [0.2, 0.25) is 0 Å². The first kappa shape index (κ1) is 33.5. The highest BCUT2D eigenvalue weighted by Crippen LogP contribution is 2.19. The maximum atomic E-state index is 13.3. The number of carbonyl (C=O) groups is 5. The molecule has 1 aromatic heterocycles. The van der Waals surface area contributed by atoms with Gasteiger partial charge >= 0.3 is 11.9 Å². The third kappa shape index (κ3) is 10.4. The lowest BCUT2D eigenvalue weighted by atomic mass is 10.0. The number of aliphatic hydroxyl groups excluding tert-OH is 1. The minimum atomic E-state index is -1.71. The number of aliphatic hydroxyl groups is 1. The van der Waals surface area contributed by atoms with Crippen molar-refractivity contribution in [2.45, 2.75) is 69.3 Å². The summed E-state index contributed by atoms with van der Waals surface area (Å²) < 4.78 is 0. The molecule has 0 fully saturated rings. The SMILES string of the molecule is CC(O)C(NC(=O)C(CCC(=O)O)NC(=O)C(CCCN=C(N)N)NC(=O)C(N)Cc1c[nH]c2ccccc12)C(=O)O. The van der Waals surface area contributed by atoms with Gasteiger partial charge in [-0.25, -0.2) is 4.79 Å². The molecule has 1 heterocycles.